The SMILES string of the molecule is Cc1nc(C(=O)N2CCCCC(C)(C)C2)nn1-c1n[nH]c(C(F)(F)F)n1. The van der Waals surface area contributed by atoms with Gasteiger partial charge in [-0.1, -0.05) is 20.3 Å². The number of aromatic amines is 1. The fourth-order valence-corrected chi connectivity index (χ4v) is 3.04. The van der Waals surface area contributed by atoms with Crippen molar-refractivity contribution in [2.45, 2.75) is 46.2 Å². The molecule has 0 atom stereocenters. The third kappa shape index (κ3) is 3.70. The lowest BCUT2D eigenvalue weighted by atomic mass is 9.88. The monoisotopic (exact) mass is 371 g/mol. The van der Waals surface area contributed by atoms with E-state index in [1.807, 2.05) is 5.10 Å². The Bertz CT molecular complexity index is 809. The fourth-order valence-electron chi connectivity index (χ4n) is 3.04. The molecule has 11 heteroatoms. The number of aryl methyl sites for hydroxylation is 1. The molecule has 0 aliphatic carbocycles. The van der Waals surface area contributed by atoms with Gasteiger partial charge in [-0.3, -0.25) is 9.89 Å². The topological polar surface area (TPSA) is 92.6 Å². The van der Waals surface area contributed by atoms with Crippen LogP contribution in [0.5, 0.6) is 0 Å². The maximum absolute atomic E-state index is 12.8. The average molecular weight is 371 g/mol. The summed E-state index contributed by atoms with van der Waals surface area (Å²) in [7, 11) is 0. The van der Waals surface area contributed by atoms with Gasteiger partial charge in [0.25, 0.3) is 11.9 Å². The molecule has 1 aliphatic heterocycles. The molecule has 1 amide bonds. The van der Waals surface area contributed by atoms with Gasteiger partial charge in [-0.05, 0) is 25.2 Å². The number of halogens is 3. The van der Waals surface area contributed by atoms with E-state index in [1.165, 1.54) is 6.92 Å². The van der Waals surface area contributed by atoms with Crippen molar-refractivity contribution in [2.75, 3.05) is 13.1 Å². The summed E-state index contributed by atoms with van der Waals surface area (Å²) < 4.78 is 39.0. The number of nitrogens with one attached hydrogen (secondary N) is 1. The second-order valence-corrected chi connectivity index (χ2v) is 7.22. The van der Waals surface area contributed by atoms with Crippen LogP contribution in [-0.4, -0.2) is 53.8 Å². The van der Waals surface area contributed by atoms with Gasteiger partial charge in [0.05, 0.1) is 0 Å². The van der Waals surface area contributed by atoms with Crippen LogP contribution in [0.25, 0.3) is 5.95 Å². The van der Waals surface area contributed by atoms with Gasteiger partial charge in [0.1, 0.15) is 5.82 Å². The van der Waals surface area contributed by atoms with Gasteiger partial charge < -0.3 is 4.90 Å². The van der Waals surface area contributed by atoms with Crippen molar-refractivity contribution >= 4 is 5.91 Å². The summed E-state index contributed by atoms with van der Waals surface area (Å²) in [5.74, 6) is -1.72. The fraction of sp³-hybridized carbons (Fsp3) is 0.667. The molecule has 26 heavy (non-hydrogen) atoms. The summed E-state index contributed by atoms with van der Waals surface area (Å²) in [4.78, 5) is 21.9. The lowest BCUT2D eigenvalue weighted by molar-refractivity contribution is -0.144. The zero-order valence-electron chi connectivity index (χ0n) is 14.8. The highest BCUT2D eigenvalue weighted by Crippen LogP contribution is 2.29. The van der Waals surface area contributed by atoms with E-state index >= 15 is 0 Å². The van der Waals surface area contributed by atoms with E-state index in [4.69, 9.17) is 0 Å². The molecule has 2 aromatic rings. The second kappa shape index (κ2) is 6.36. The molecule has 1 saturated heterocycles. The van der Waals surface area contributed by atoms with E-state index in [9.17, 15) is 18.0 Å². The van der Waals surface area contributed by atoms with Crippen molar-refractivity contribution in [1.29, 1.82) is 0 Å². The minimum atomic E-state index is -4.64. The maximum atomic E-state index is 12.8. The Morgan fingerprint density at radius 2 is 1.96 bits per heavy atom. The Morgan fingerprint density at radius 1 is 1.23 bits per heavy atom. The van der Waals surface area contributed by atoms with Gasteiger partial charge >= 0.3 is 6.18 Å². The van der Waals surface area contributed by atoms with E-state index in [2.05, 4.69) is 34.0 Å². The van der Waals surface area contributed by atoms with Crippen molar-refractivity contribution < 1.29 is 18.0 Å². The molecule has 3 rings (SSSR count). The Kier molecular flexibility index (Phi) is 4.49. The van der Waals surface area contributed by atoms with Crippen LogP contribution in [0.2, 0.25) is 0 Å². The van der Waals surface area contributed by atoms with Crippen LogP contribution in [0.1, 0.15) is 55.4 Å². The molecule has 8 nitrogen and oxygen atoms in total. The molecule has 3 heterocycles. The molecule has 1 fully saturated rings. The quantitative estimate of drug-likeness (QED) is 0.875. The van der Waals surface area contributed by atoms with E-state index < -0.39 is 12.0 Å². The molecule has 1 aliphatic rings. The number of alkyl halides is 3. The predicted octanol–water partition coefficient (Wildman–Crippen LogP) is 2.36. The van der Waals surface area contributed by atoms with Crippen molar-refractivity contribution in [2.24, 2.45) is 5.41 Å². The van der Waals surface area contributed by atoms with Crippen LogP contribution in [0, 0.1) is 12.3 Å². The largest absolute Gasteiger partial charge is 0.451 e. The van der Waals surface area contributed by atoms with Crippen LogP contribution in [0.4, 0.5) is 13.2 Å². The first-order chi connectivity index (χ1) is 12.1. The van der Waals surface area contributed by atoms with E-state index in [-0.39, 0.29) is 28.9 Å². The molecular weight excluding hydrogens is 351 g/mol. The van der Waals surface area contributed by atoms with Gasteiger partial charge in [-0.2, -0.15) is 22.8 Å². The van der Waals surface area contributed by atoms with Crippen molar-refractivity contribution in [3.05, 3.63) is 17.5 Å². The first-order valence-electron chi connectivity index (χ1n) is 8.30. The number of likely N-dealkylation sites (tertiary alicyclic amines) is 1. The highest BCUT2D eigenvalue weighted by atomic mass is 19.4. The van der Waals surface area contributed by atoms with Crippen molar-refractivity contribution in [1.82, 2.24) is 34.8 Å². The second-order valence-electron chi connectivity index (χ2n) is 7.22. The van der Waals surface area contributed by atoms with Crippen LogP contribution >= 0.6 is 0 Å². The summed E-state index contributed by atoms with van der Waals surface area (Å²) >= 11 is 0. The van der Waals surface area contributed by atoms with Crippen molar-refractivity contribution in [3.63, 3.8) is 0 Å². The van der Waals surface area contributed by atoms with Gasteiger partial charge in [-0.15, -0.1) is 10.2 Å². The first kappa shape index (κ1) is 18.3. The molecule has 0 radical (unpaired) electrons. The Hall–Kier alpha value is -2.46. The van der Waals surface area contributed by atoms with E-state index in [0.717, 1.165) is 23.9 Å². The van der Waals surface area contributed by atoms with Crippen molar-refractivity contribution in [3.8, 4) is 5.95 Å². The Morgan fingerprint density at radius 3 is 2.62 bits per heavy atom. The average Bonchev–Trinajstić information content (AvgIpc) is 3.11. The van der Waals surface area contributed by atoms with Gasteiger partial charge in [-0.25, -0.2) is 4.98 Å². The highest BCUT2D eigenvalue weighted by molar-refractivity contribution is 5.90. The van der Waals surface area contributed by atoms with Crippen LogP contribution in [-0.2, 0) is 6.18 Å². The molecule has 0 unspecified atom stereocenters. The minimum Gasteiger partial charge on any atom is -0.335 e. The number of carbonyl (C=O) groups is 1. The Balaban J connectivity index is 1.85. The smallest absolute Gasteiger partial charge is 0.335 e. The highest BCUT2D eigenvalue weighted by Gasteiger charge is 2.36. The van der Waals surface area contributed by atoms with E-state index in [0.29, 0.717) is 13.1 Å². The standard InChI is InChI=1S/C15H20F3N7O/c1-9-19-10(11(26)24-7-5-4-6-14(2,3)8-24)23-25(9)13-20-12(21-22-13)15(16,17)18/h4-8H2,1-3H3,(H,20,21,22). The first-order valence-corrected chi connectivity index (χ1v) is 8.30. The van der Waals surface area contributed by atoms with Gasteiger partial charge in [0.2, 0.25) is 11.6 Å². The third-order valence-corrected chi connectivity index (χ3v) is 4.33. The zero-order chi connectivity index (χ0) is 19.1. The molecule has 142 valence electrons. The van der Waals surface area contributed by atoms with Gasteiger partial charge in [0, 0.05) is 13.1 Å². The Labute approximate surface area is 147 Å². The number of H-pyrrole nitrogens is 1. The van der Waals surface area contributed by atoms with Crippen LogP contribution in [0.3, 0.4) is 0 Å². The lowest BCUT2D eigenvalue weighted by Gasteiger charge is -2.28. The maximum Gasteiger partial charge on any atom is 0.451 e. The summed E-state index contributed by atoms with van der Waals surface area (Å²) in [5, 5.41) is 9.37. The zero-order valence-corrected chi connectivity index (χ0v) is 14.8. The normalized spacial score (nSPS) is 18.0. The van der Waals surface area contributed by atoms with Crippen LogP contribution in [0.15, 0.2) is 0 Å². The molecule has 0 aromatic carbocycles. The summed E-state index contributed by atoms with van der Waals surface area (Å²) in [6.45, 7) is 6.91. The summed E-state index contributed by atoms with van der Waals surface area (Å²) in [6, 6.07) is 0. The molecule has 0 saturated carbocycles. The minimum absolute atomic E-state index is 0.00483. The van der Waals surface area contributed by atoms with Crippen LogP contribution < -0.4 is 0 Å². The van der Waals surface area contributed by atoms with E-state index in [1.54, 1.807) is 4.90 Å². The number of aromatic nitrogens is 6. The molecule has 0 bridgehead atoms. The number of carbonyl (C=O) groups excluding carboxylic acids is 1. The number of hydrogen-bond donors (Lipinski definition) is 1. The number of nitrogens with zero attached hydrogens (tertiary/aromatic N) is 6. The number of amides is 1. The lowest BCUT2D eigenvalue weighted by Crippen LogP contribution is -2.38. The molecular formula is C15H20F3N7O. The molecule has 0 spiro atoms. The summed E-state index contributed by atoms with van der Waals surface area (Å²) in [5.41, 5.74) is -0.00483. The predicted molar refractivity (Wildman–Crippen MR) is 84.6 cm³/mol. The number of hydrogen-bond acceptors (Lipinski definition) is 5. The molecule has 1 N–H and O–H groups in total. The number of rotatable bonds is 2. The van der Waals surface area contributed by atoms with Gasteiger partial charge in [0.15, 0.2) is 0 Å². The summed E-state index contributed by atoms with van der Waals surface area (Å²) in [6.07, 6.45) is -1.69. The molecule has 2 aromatic heterocycles. The third-order valence-electron chi connectivity index (χ3n) is 4.33.